The summed E-state index contributed by atoms with van der Waals surface area (Å²) in [5, 5.41) is 5.87. The van der Waals surface area contributed by atoms with Crippen LogP contribution < -0.4 is 10.6 Å². The monoisotopic (exact) mass is 276 g/mol. The van der Waals surface area contributed by atoms with Gasteiger partial charge in [0.05, 0.1) is 0 Å². The van der Waals surface area contributed by atoms with E-state index in [0.29, 0.717) is 5.92 Å². The summed E-state index contributed by atoms with van der Waals surface area (Å²) in [6.07, 6.45) is 4.76. The summed E-state index contributed by atoms with van der Waals surface area (Å²) in [5.74, 6) is 0.584. The molecule has 2 N–H and O–H groups in total. The minimum absolute atomic E-state index is 0.108. The van der Waals surface area contributed by atoms with Crippen molar-refractivity contribution in [2.45, 2.75) is 53.4 Å². The summed E-state index contributed by atoms with van der Waals surface area (Å²) >= 11 is 0. The van der Waals surface area contributed by atoms with E-state index in [1.165, 1.54) is 30.4 Å². The number of benzene rings is 1. The van der Waals surface area contributed by atoms with Gasteiger partial charge < -0.3 is 10.6 Å². The molecule has 0 fully saturated rings. The van der Waals surface area contributed by atoms with Gasteiger partial charge in [0.15, 0.2) is 0 Å². The number of unbranched alkanes of at least 4 members (excludes halogenated alkanes) is 1. The lowest BCUT2D eigenvalue weighted by Crippen LogP contribution is -2.33. The normalized spacial score (nSPS) is 12.0. The highest BCUT2D eigenvalue weighted by atomic mass is 16.2. The number of carbonyl (C=O) groups is 1. The first kappa shape index (κ1) is 16.5. The molecule has 0 saturated carbocycles. The minimum Gasteiger partial charge on any atom is -0.338 e. The molecule has 0 spiro atoms. The average Bonchev–Trinajstić information content (AvgIpc) is 2.43. The van der Waals surface area contributed by atoms with Crippen molar-refractivity contribution in [3.63, 3.8) is 0 Å². The summed E-state index contributed by atoms with van der Waals surface area (Å²) in [6, 6.07) is 5.86. The number of hydrogen-bond donors (Lipinski definition) is 2. The molecular formula is C17H28N2O. The van der Waals surface area contributed by atoms with Gasteiger partial charge in [-0.05, 0) is 49.4 Å². The number of rotatable bonds is 7. The van der Waals surface area contributed by atoms with Gasteiger partial charge in [-0.15, -0.1) is 0 Å². The van der Waals surface area contributed by atoms with Gasteiger partial charge in [-0.2, -0.15) is 0 Å². The van der Waals surface area contributed by atoms with Crippen molar-refractivity contribution in [1.29, 1.82) is 0 Å². The van der Waals surface area contributed by atoms with Gasteiger partial charge >= 0.3 is 6.03 Å². The van der Waals surface area contributed by atoms with Crippen LogP contribution in [0.3, 0.4) is 0 Å². The summed E-state index contributed by atoms with van der Waals surface area (Å²) < 4.78 is 0. The zero-order valence-electron chi connectivity index (χ0n) is 13.3. The third-order valence-electron chi connectivity index (χ3n) is 3.86. The smallest absolute Gasteiger partial charge is 0.319 e. The molecule has 0 bridgehead atoms. The van der Waals surface area contributed by atoms with E-state index in [1.54, 1.807) is 0 Å². The van der Waals surface area contributed by atoms with Crippen LogP contribution in [0.15, 0.2) is 18.2 Å². The third-order valence-corrected chi connectivity index (χ3v) is 3.86. The standard InChI is InChI=1S/C17H28N2O/c1-5-7-8-15(6-2)12-18-17(20)19-16-10-9-13(3)14(4)11-16/h9-11,15H,5-8,12H2,1-4H3,(H2,18,19,20). The van der Waals surface area contributed by atoms with Crippen LogP contribution in [0.25, 0.3) is 0 Å². The fourth-order valence-corrected chi connectivity index (χ4v) is 2.17. The van der Waals surface area contributed by atoms with Gasteiger partial charge in [0.1, 0.15) is 0 Å². The molecule has 0 saturated heterocycles. The van der Waals surface area contributed by atoms with Crippen LogP contribution in [0.5, 0.6) is 0 Å². The predicted octanol–water partition coefficient (Wildman–Crippen LogP) is 4.64. The summed E-state index contributed by atoms with van der Waals surface area (Å²) in [4.78, 5) is 11.9. The zero-order valence-corrected chi connectivity index (χ0v) is 13.3. The molecule has 0 aliphatic carbocycles. The zero-order chi connectivity index (χ0) is 15.0. The Labute approximate surface area is 123 Å². The van der Waals surface area contributed by atoms with Gasteiger partial charge in [-0.25, -0.2) is 4.79 Å². The average molecular weight is 276 g/mol. The van der Waals surface area contributed by atoms with E-state index in [-0.39, 0.29) is 6.03 Å². The molecule has 3 nitrogen and oxygen atoms in total. The predicted molar refractivity (Wildman–Crippen MR) is 86.2 cm³/mol. The lowest BCUT2D eigenvalue weighted by molar-refractivity contribution is 0.249. The van der Waals surface area contributed by atoms with E-state index in [1.807, 2.05) is 18.2 Å². The molecule has 3 heteroatoms. The molecule has 1 atom stereocenters. The van der Waals surface area contributed by atoms with E-state index >= 15 is 0 Å². The van der Waals surface area contributed by atoms with Crippen LogP contribution in [-0.4, -0.2) is 12.6 Å². The molecule has 112 valence electrons. The molecule has 0 aliphatic heterocycles. The molecule has 1 unspecified atom stereocenters. The van der Waals surface area contributed by atoms with Gasteiger partial charge in [-0.1, -0.05) is 39.2 Å². The van der Waals surface area contributed by atoms with Crippen molar-refractivity contribution in [2.75, 3.05) is 11.9 Å². The Bertz CT molecular complexity index is 429. The molecule has 2 amide bonds. The van der Waals surface area contributed by atoms with Gasteiger partial charge in [0.25, 0.3) is 0 Å². The Kier molecular flexibility index (Phi) is 7.13. The maximum Gasteiger partial charge on any atom is 0.319 e. The highest BCUT2D eigenvalue weighted by molar-refractivity contribution is 5.89. The second-order valence-electron chi connectivity index (χ2n) is 5.55. The number of urea groups is 1. The first-order valence-electron chi connectivity index (χ1n) is 7.68. The topological polar surface area (TPSA) is 41.1 Å². The van der Waals surface area contributed by atoms with Crippen molar-refractivity contribution >= 4 is 11.7 Å². The van der Waals surface area contributed by atoms with E-state index in [0.717, 1.165) is 18.7 Å². The van der Waals surface area contributed by atoms with E-state index in [2.05, 4.69) is 38.3 Å². The van der Waals surface area contributed by atoms with Crippen LogP contribution >= 0.6 is 0 Å². The van der Waals surface area contributed by atoms with Gasteiger partial charge in [-0.3, -0.25) is 0 Å². The molecule has 0 aliphatic rings. The largest absolute Gasteiger partial charge is 0.338 e. The number of amides is 2. The van der Waals surface area contributed by atoms with Crippen LogP contribution in [0, 0.1) is 19.8 Å². The lowest BCUT2D eigenvalue weighted by atomic mass is 9.99. The van der Waals surface area contributed by atoms with Crippen molar-refractivity contribution in [3.8, 4) is 0 Å². The Morgan fingerprint density at radius 3 is 2.55 bits per heavy atom. The Hall–Kier alpha value is -1.51. The maximum atomic E-state index is 11.9. The van der Waals surface area contributed by atoms with Crippen molar-refractivity contribution in [1.82, 2.24) is 5.32 Å². The van der Waals surface area contributed by atoms with Crippen LogP contribution in [0.2, 0.25) is 0 Å². The molecule has 1 aromatic rings. The summed E-state index contributed by atoms with van der Waals surface area (Å²) in [6.45, 7) is 9.26. The first-order valence-corrected chi connectivity index (χ1v) is 7.68. The van der Waals surface area contributed by atoms with Crippen LogP contribution in [0.4, 0.5) is 10.5 Å². The highest BCUT2D eigenvalue weighted by Gasteiger charge is 2.08. The first-order chi connectivity index (χ1) is 9.56. The van der Waals surface area contributed by atoms with Gasteiger partial charge in [0, 0.05) is 12.2 Å². The van der Waals surface area contributed by atoms with E-state index < -0.39 is 0 Å². The molecular weight excluding hydrogens is 248 g/mol. The number of hydrogen-bond acceptors (Lipinski definition) is 1. The number of anilines is 1. The number of carbonyl (C=O) groups excluding carboxylic acids is 1. The Balaban J connectivity index is 2.40. The lowest BCUT2D eigenvalue weighted by Gasteiger charge is -2.16. The molecule has 0 heterocycles. The summed E-state index contributed by atoms with van der Waals surface area (Å²) in [7, 11) is 0. The third kappa shape index (κ3) is 5.64. The minimum atomic E-state index is -0.108. The van der Waals surface area contributed by atoms with Gasteiger partial charge in [0.2, 0.25) is 0 Å². The van der Waals surface area contributed by atoms with Crippen molar-refractivity contribution in [3.05, 3.63) is 29.3 Å². The molecule has 1 aromatic carbocycles. The molecule has 0 radical (unpaired) electrons. The Morgan fingerprint density at radius 2 is 1.95 bits per heavy atom. The molecule has 1 rings (SSSR count). The maximum absolute atomic E-state index is 11.9. The van der Waals surface area contributed by atoms with Crippen molar-refractivity contribution in [2.24, 2.45) is 5.92 Å². The molecule has 20 heavy (non-hydrogen) atoms. The van der Waals surface area contributed by atoms with Crippen molar-refractivity contribution < 1.29 is 4.79 Å². The van der Waals surface area contributed by atoms with E-state index in [9.17, 15) is 4.79 Å². The Morgan fingerprint density at radius 1 is 1.20 bits per heavy atom. The van der Waals surface area contributed by atoms with Crippen LogP contribution in [0.1, 0.15) is 50.7 Å². The SMILES string of the molecule is CCCCC(CC)CNC(=O)Nc1ccc(C)c(C)c1. The van der Waals surface area contributed by atoms with E-state index in [4.69, 9.17) is 0 Å². The highest BCUT2D eigenvalue weighted by Crippen LogP contribution is 2.14. The number of nitrogens with one attached hydrogen (secondary N) is 2. The fraction of sp³-hybridized carbons (Fsp3) is 0.588. The fourth-order valence-electron chi connectivity index (χ4n) is 2.17. The second-order valence-corrected chi connectivity index (χ2v) is 5.55. The summed E-state index contributed by atoms with van der Waals surface area (Å²) in [5.41, 5.74) is 3.28. The second kappa shape index (κ2) is 8.62. The van der Waals surface area contributed by atoms with Crippen LogP contribution in [-0.2, 0) is 0 Å². The number of aryl methyl sites for hydroxylation is 2. The quantitative estimate of drug-likeness (QED) is 0.748. The molecule has 0 aromatic heterocycles.